The normalized spacial score (nSPS) is 9.91. The fraction of sp³-hybridized carbons (Fsp3) is 0.188. The Labute approximate surface area is 127 Å². The third-order valence-corrected chi connectivity index (χ3v) is 2.78. The van der Waals surface area contributed by atoms with Crippen molar-refractivity contribution in [3.8, 4) is 17.4 Å². The molecule has 0 spiro atoms. The summed E-state index contributed by atoms with van der Waals surface area (Å²) in [6.07, 6.45) is 2.17. The molecule has 6 heteroatoms. The highest BCUT2D eigenvalue weighted by Crippen LogP contribution is 2.31. The van der Waals surface area contributed by atoms with Gasteiger partial charge in [-0.1, -0.05) is 0 Å². The van der Waals surface area contributed by atoms with Crippen LogP contribution < -0.4 is 9.47 Å². The van der Waals surface area contributed by atoms with Crippen molar-refractivity contribution in [2.45, 2.75) is 6.92 Å². The number of hydrogen-bond acceptors (Lipinski definition) is 6. The minimum atomic E-state index is -0.446. The Morgan fingerprint density at radius 3 is 2.73 bits per heavy atom. The Bertz CT molecular complexity index is 684. The Morgan fingerprint density at radius 2 is 2.05 bits per heavy atom. The molecule has 0 bridgehead atoms. The minimum absolute atomic E-state index is 0.225. The van der Waals surface area contributed by atoms with Crippen LogP contribution in [0.2, 0.25) is 0 Å². The molecular formula is C16H15NO5. The van der Waals surface area contributed by atoms with E-state index in [0.717, 1.165) is 0 Å². The van der Waals surface area contributed by atoms with Gasteiger partial charge in [0.25, 0.3) is 0 Å². The SMILES string of the molecule is CCOC(=O)c1ccnc(Oc2ccc(C=O)cc2OC)c1. The lowest BCUT2D eigenvalue weighted by molar-refractivity contribution is 0.0525. The Morgan fingerprint density at radius 1 is 1.23 bits per heavy atom. The molecule has 2 aromatic rings. The zero-order valence-corrected chi connectivity index (χ0v) is 12.2. The van der Waals surface area contributed by atoms with Gasteiger partial charge in [-0.3, -0.25) is 4.79 Å². The number of hydrogen-bond donors (Lipinski definition) is 0. The molecule has 0 unspecified atom stereocenters. The minimum Gasteiger partial charge on any atom is -0.493 e. The molecular weight excluding hydrogens is 286 g/mol. The summed E-state index contributed by atoms with van der Waals surface area (Å²) in [4.78, 5) is 26.5. The third-order valence-electron chi connectivity index (χ3n) is 2.78. The van der Waals surface area contributed by atoms with E-state index in [0.29, 0.717) is 35.5 Å². The van der Waals surface area contributed by atoms with E-state index in [4.69, 9.17) is 14.2 Å². The summed E-state index contributed by atoms with van der Waals surface area (Å²) >= 11 is 0. The molecule has 0 radical (unpaired) electrons. The average Bonchev–Trinajstić information content (AvgIpc) is 2.55. The molecule has 0 saturated carbocycles. The molecule has 1 aromatic heterocycles. The molecule has 0 atom stereocenters. The van der Waals surface area contributed by atoms with Crippen molar-refractivity contribution >= 4 is 12.3 Å². The van der Waals surface area contributed by atoms with E-state index in [1.165, 1.54) is 25.4 Å². The van der Waals surface area contributed by atoms with Crippen molar-refractivity contribution in [3.05, 3.63) is 47.7 Å². The summed E-state index contributed by atoms with van der Waals surface area (Å²) in [5.41, 5.74) is 0.813. The fourth-order valence-electron chi connectivity index (χ4n) is 1.76. The van der Waals surface area contributed by atoms with Crippen LogP contribution in [0, 0.1) is 0 Å². The summed E-state index contributed by atoms with van der Waals surface area (Å²) < 4.78 is 15.7. The van der Waals surface area contributed by atoms with Crippen LogP contribution in [-0.2, 0) is 4.74 Å². The van der Waals surface area contributed by atoms with Crippen LogP contribution in [0.1, 0.15) is 27.6 Å². The van der Waals surface area contributed by atoms with E-state index in [2.05, 4.69) is 4.98 Å². The van der Waals surface area contributed by atoms with E-state index in [1.54, 1.807) is 25.1 Å². The van der Waals surface area contributed by atoms with E-state index in [1.807, 2.05) is 0 Å². The highest BCUT2D eigenvalue weighted by molar-refractivity contribution is 5.89. The lowest BCUT2D eigenvalue weighted by Gasteiger charge is -2.10. The summed E-state index contributed by atoms with van der Waals surface area (Å²) in [6.45, 7) is 2.02. The average molecular weight is 301 g/mol. The fourth-order valence-corrected chi connectivity index (χ4v) is 1.76. The molecule has 0 aliphatic carbocycles. The molecule has 0 aliphatic heterocycles. The van der Waals surface area contributed by atoms with Crippen molar-refractivity contribution in [1.82, 2.24) is 4.98 Å². The van der Waals surface area contributed by atoms with Crippen LogP contribution in [0.15, 0.2) is 36.5 Å². The predicted octanol–water partition coefficient (Wildman–Crippen LogP) is 2.87. The van der Waals surface area contributed by atoms with Crippen LogP contribution >= 0.6 is 0 Å². The van der Waals surface area contributed by atoms with Crippen LogP contribution in [0.5, 0.6) is 17.4 Å². The topological polar surface area (TPSA) is 74.7 Å². The molecule has 1 heterocycles. The van der Waals surface area contributed by atoms with E-state index < -0.39 is 5.97 Å². The van der Waals surface area contributed by atoms with Crippen molar-refractivity contribution in [2.24, 2.45) is 0 Å². The number of benzene rings is 1. The smallest absolute Gasteiger partial charge is 0.338 e. The van der Waals surface area contributed by atoms with Gasteiger partial charge in [-0.15, -0.1) is 0 Å². The highest BCUT2D eigenvalue weighted by Gasteiger charge is 2.11. The molecule has 6 nitrogen and oxygen atoms in total. The van der Waals surface area contributed by atoms with Crippen molar-refractivity contribution in [2.75, 3.05) is 13.7 Å². The zero-order valence-electron chi connectivity index (χ0n) is 12.2. The van der Waals surface area contributed by atoms with Crippen molar-refractivity contribution in [3.63, 3.8) is 0 Å². The van der Waals surface area contributed by atoms with E-state index in [9.17, 15) is 9.59 Å². The summed E-state index contributed by atoms with van der Waals surface area (Å²) in [6, 6.07) is 7.77. The molecule has 2 rings (SSSR count). The van der Waals surface area contributed by atoms with Gasteiger partial charge in [-0.05, 0) is 31.2 Å². The molecule has 114 valence electrons. The lowest BCUT2D eigenvalue weighted by Crippen LogP contribution is -2.05. The number of carbonyl (C=O) groups is 2. The Balaban J connectivity index is 2.25. The zero-order chi connectivity index (χ0) is 15.9. The van der Waals surface area contributed by atoms with Gasteiger partial charge in [-0.2, -0.15) is 0 Å². The number of ether oxygens (including phenoxy) is 3. The van der Waals surface area contributed by atoms with Crippen molar-refractivity contribution < 1.29 is 23.8 Å². The van der Waals surface area contributed by atoms with Gasteiger partial charge in [0.15, 0.2) is 11.5 Å². The summed E-state index contributed by atoms with van der Waals surface area (Å²) in [7, 11) is 1.47. The van der Waals surface area contributed by atoms with Gasteiger partial charge in [0.1, 0.15) is 6.29 Å². The largest absolute Gasteiger partial charge is 0.493 e. The van der Waals surface area contributed by atoms with Crippen LogP contribution in [-0.4, -0.2) is 31.0 Å². The van der Waals surface area contributed by atoms with Gasteiger partial charge in [0, 0.05) is 17.8 Å². The number of nitrogens with zero attached hydrogens (tertiary/aromatic N) is 1. The van der Waals surface area contributed by atoms with Crippen molar-refractivity contribution in [1.29, 1.82) is 0 Å². The van der Waals surface area contributed by atoms with Crippen LogP contribution in [0.3, 0.4) is 0 Å². The second-order valence-corrected chi connectivity index (χ2v) is 4.23. The number of esters is 1. The lowest BCUT2D eigenvalue weighted by atomic mass is 10.2. The second kappa shape index (κ2) is 7.21. The maximum Gasteiger partial charge on any atom is 0.338 e. The molecule has 0 N–H and O–H groups in total. The first kappa shape index (κ1) is 15.5. The number of pyridine rings is 1. The highest BCUT2D eigenvalue weighted by atomic mass is 16.5. The van der Waals surface area contributed by atoms with E-state index in [-0.39, 0.29) is 5.88 Å². The van der Waals surface area contributed by atoms with Gasteiger partial charge in [0.2, 0.25) is 5.88 Å². The first-order chi connectivity index (χ1) is 10.7. The number of methoxy groups -OCH3 is 1. The summed E-state index contributed by atoms with van der Waals surface area (Å²) in [5.74, 6) is 0.565. The standard InChI is InChI=1S/C16H15NO5/c1-3-21-16(19)12-6-7-17-15(9-12)22-13-5-4-11(10-18)8-14(13)20-2/h4-10H,3H2,1-2H3. The van der Waals surface area contributed by atoms with Gasteiger partial charge in [0.05, 0.1) is 19.3 Å². The molecule has 0 saturated heterocycles. The maximum atomic E-state index is 11.7. The number of aldehydes is 1. The first-order valence-corrected chi connectivity index (χ1v) is 6.62. The first-order valence-electron chi connectivity index (χ1n) is 6.62. The number of aromatic nitrogens is 1. The Hall–Kier alpha value is -2.89. The van der Waals surface area contributed by atoms with Crippen LogP contribution in [0.4, 0.5) is 0 Å². The monoisotopic (exact) mass is 301 g/mol. The molecule has 1 aromatic carbocycles. The molecule has 0 amide bonds. The molecule has 0 aliphatic rings. The number of carbonyl (C=O) groups excluding carboxylic acids is 2. The predicted molar refractivity (Wildman–Crippen MR) is 78.6 cm³/mol. The maximum absolute atomic E-state index is 11.7. The quantitative estimate of drug-likeness (QED) is 0.603. The van der Waals surface area contributed by atoms with Crippen LogP contribution in [0.25, 0.3) is 0 Å². The number of rotatable bonds is 6. The van der Waals surface area contributed by atoms with Gasteiger partial charge >= 0.3 is 5.97 Å². The van der Waals surface area contributed by atoms with Gasteiger partial charge < -0.3 is 14.2 Å². The summed E-state index contributed by atoms with van der Waals surface area (Å²) in [5, 5.41) is 0. The molecule has 0 fully saturated rings. The Kier molecular flexibility index (Phi) is 5.08. The van der Waals surface area contributed by atoms with Gasteiger partial charge in [-0.25, -0.2) is 9.78 Å². The second-order valence-electron chi connectivity index (χ2n) is 4.23. The van der Waals surface area contributed by atoms with E-state index >= 15 is 0 Å². The third kappa shape index (κ3) is 3.60. The molecule has 22 heavy (non-hydrogen) atoms.